The molecule has 4 saturated carbocycles. The summed E-state index contributed by atoms with van der Waals surface area (Å²) >= 11 is 0. The number of hydrogen-bond acceptors (Lipinski definition) is 1. The predicted octanol–water partition coefficient (Wildman–Crippen LogP) is 10.1. The summed E-state index contributed by atoms with van der Waals surface area (Å²) in [6, 6.07) is 0. The molecule has 33 heavy (non-hydrogen) atoms. The maximum Gasteiger partial charge on any atom is 0.145 e. The van der Waals surface area contributed by atoms with E-state index in [1.54, 1.807) is 0 Å². The number of carbonyl (C=O) groups is 1. The molecule has 0 aromatic carbocycles. The molecule has 0 aliphatic heterocycles. The van der Waals surface area contributed by atoms with E-state index in [2.05, 4.69) is 13.8 Å². The van der Waals surface area contributed by atoms with Gasteiger partial charge in [0.05, 0.1) is 0 Å². The Balaban J connectivity index is 1.14. The molecular formula is C32H56O. The van der Waals surface area contributed by atoms with E-state index in [4.69, 9.17) is 0 Å². The summed E-state index contributed by atoms with van der Waals surface area (Å²) in [4.78, 5) is 13.6. The lowest BCUT2D eigenvalue weighted by Gasteiger charge is -2.59. The van der Waals surface area contributed by atoms with E-state index >= 15 is 0 Å². The number of carbonyl (C=O) groups excluding carboxylic acids is 1. The molecule has 0 N–H and O–H groups in total. The van der Waals surface area contributed by atoms with Crippen molar-refractivity contribution in [3.05, 3.63) is 0 Å². The summed E-state index contributed by atoms with van der Waals surface area (Å²) in [6.07, 6.45) is 31.9. The molecular weight excluding hydrogens is 400 g/mol. The van der Waals surface area contributed by atoms with Crippen molar-refractivity contribution in [1.82, 2.24) is 0 Å². The molecule has 1 heteroatoms. The summed E-state index contributed by atoms with van der Waals surface area (Å²) in [7, 11) is 0. The van der Waals surface area contributed by atoms with Gasteiger partial charge in [0.15, 0.2) is 0 Å². The van der Waals surface area contributed by atoms with Gasteiger partial charge < -0.3 is 0 Å². The molecule has 0 aromatic heterocycles. The first kappa shape index (κ1) is 25.8. The van der Waals surface area contributed by atoms with Crippen LogP contribution in [-0.4, -0.2) is 5.78 Å². The predicted molar refractivity (Wildman–Crippen MR) is 141 cm³/mol. The van der Waals surface area contributed by atoms with Gasteiger partial charge in [0.2, 0.25) is 0 Å². The Morgan fingerprint density at radius 2 is 1.03 bits per heavy atom. The van der Waals surface area contributed by atoms with Gasteiger partial charge in [0.25, 0.3) is 0 Å². The number of Topliss-reactive ketones (excluding diaryl/α,β-unsaturated/α-hetero) is 1. The number of unbranched alkanes of at least 4 members (excludes halogenated alkanes) is 6. The average Bonchev–Trinajstić information content (AvgIpc) is 2.86. The molecule has 0 radical (unpaired) electrons. The van der Waals surface area contributed by atoms with E-state index in [1.165, 1.54) is 148 Å². The van der Waals surface area contributed by atoms with Crippen LogP contribution in [0.4, 0.5) is 0 Å². The summed E-state index contributed by atoms with van der Waals surface area (Å²) in [5.41, 5.74) is 0.281. The smallest absolute Gasteiger partial charge is 0.145 e. The zero-order valence-electron chi connectivity index (χ0n) is 22.5. The van der Waals surface area contributed by atoms with E-state index in [-0.39, 0.29) is 10.8 Å². The van der Waals surface area contributed by atoms with Gasteiger partial charge >= 0.3 is 0 Å². The van der Waals surface area contributed by atoms with Crippen molar-refractivity contribution in [3.8, 4) is 0 Å². The van der Waals surface area contributed by atoms with Crippen molar-refractivity contribution in [1.29, 1.82) is 0 Å². The largest absolute Gasteiger partial charge is 0.298 e. The maximum atomic E-state index is 13.6. The molecule has 4 aliphatic rings. The molecule has 0 aromatic rings. The molecule has 2 spiro atoms. The quantitative estimate of drug-likeness (QED) is 0.283. The highest BCUT2D eigenvalue weighted by molar-refractivity contribution is 5.96. The zero-order chi connectivity index (χ0) is 23.2. The number of rotatable bonds is 11. The Kier molecular flexibility index (Phi) is 9.42. The van der Waals surface area contributed by atoms with E-state index in [1.807, 2.05) is 0 Å². The Hall–Kier alpha value is -0.330. The van der Waals surface area contributed by atoms with Crippen molar-refractivity contribution in [2.24, 2.45) is 34.5 Å². The minimum Gasteiger partial charge on any atom is -0.298 e. The maximum absolute atomic E-state index is 13.6. The van der Waals surface area contributed by atoms with Gasteiger partial charge in [-0.15, -0.1) is 0 Å². The van der Waals surface area contributed by atoms with E-state index < -0.39 is 0 Å². The van der Waals surface area contributed by atoms with E-state index in [0.29, 0.717) is 0 Å². The monoisotopic (exact) mass is 456 g/mol. The van der Waals surface area contributed by atoms with Crippen molar-refractivity contribution in [2.45, 2.75) is 162 Å². The summed E-state index contributed by atoms with van der Waals surface area (Å²) in [6.45, 7) is 4.62. The fraction of sp³-hybridized carbons (Fsp3) is 0.969. The highest BCUT2D eigenvalue weighted by Gasteiger charge is 2.63. The SMILES string of the molecule is CCCCCCC1CCC(C2CCC3(CC2)CC2(CCC(CCCCCC)CC2)C3=O)CC1. The number of hydrogen-bond donors (Lipinski definition) is 0. The van der Waals surface area contributed by atoms with Crippen LogP contribution in [0, 0.1) is 34.5 Å². The molecule has 0 bridgehead atoms. The molecule has 0 unspecified atom stereocenters. The topological polar surface area (TPSA) is 17.1 Å². The van der Waals surface area contributed by atoms with Crippen LogP contribution in [0.25, 0.3) is 0 Å². The van der Waals surface area contributed by atoms with Gasteiger partial charge in [-0.05, 0) is 94.3 Å². The lowest BCUT2D eigenvalue weighted by atomic mass is 9.42. The number of ketones is 1. The molecule has 1 nitrogen and oxygen atoms in total. The first-order valence-electron chi connectivity index (χ1n) is 15.7. The molecule has 0 atom stereocenters. The van der Waals surface area contributed by atoms with Crippen LogP contribution >= 0.6 is 0 Å². The summed E-state index contributed by atoms with van der Waals surface area (Å²) in [5.74, 6) is 4.63. The standard InChI is InChI=1S/C32H56O/c1-3-5-7-9-11-26-13-15-28(16-14-26)29-19-23-32(24-20-29)25-31(30(32)33)21-17-27(18-22-31)12-10-8-6-4-2/h26-29H,3-25H2,1-2H3. The second-order valence-corrected chi connectivity index (χ2v) is 13.3. The highest BCUT2D eigenvalue weighted by Crippen LogP contribution is 2.64. The molecule has 0 heterocycles. The third-order valence-electron chi connectivity index (χ3n) is 11.2. The van der Waals surface area contributed by atoms with Gasteiger partial charge in [-0.3, -0.25) is 4.79 Å². The van der Waals surface area contributed by atoms with Gasteiger partial charge in [0.1, 0.15) is 5.78 Å². The van der Waals surface area contributed by atoms with Gasteiger partial charge in [-0.25, -0.2) is 0 Å². The van der Waals surface area contributed by atoms with Crippen LogP contribution in [0.5, 0.6) is 0 Å². The lowest BCUT2D eigenvalue weighted by molar-refractivity contribution is -0.169. The molecule has 0 saturated heterocycles. The Labute approximate surface area is 206 Å². The summed E-state index contributed by atoms with van der Waals surface area (Å²) < 4.78 is 0. The highest BCUT2D eigenvalue weighted by atomic mass is 16.1. The van der Waals surface area contributed by atoms with Crippen LogP contribution in [0.15, 0.2) is 0 Å². The second-order valence-electron chi connectivity index (χ2n) is 13.3. The lowest BCUT2D eigenvalue weighted by Crippen LogP contribution is -2.59. The fourth-order valence-corrected chi connectivity index (χ4v) is 8.92. The first-order valence-corrected chi connectivity index (χ1v) is 15.7. The third-order valence-corrected chi connectivity index (χ3v) is 11.2. The molecule has 4 fully saturated rings. The van der Waals surface area contributed by atoms with Crippen molar-refractivity contribution in [2.75, 3.05) is 0 Å². The molecule has 4 aliphatic carbocycles. The van der Waals surface area contributed by atoms with Crippen LogP contribution < -0.4 is 0 Å². The van der Waals surface area contributed by atoms with Gasteiger partial charge in [0, 0.05) is 10.8 Å². The van der Waals surface area contributed by atoms with Crippen LogP contribution in [0.1, 0.15) is 162 Å². The van der Waals surface area contributed by atoms with Crippen molar-refractivity contribution < 1.29 is 4.79 Å². The normalized spacial score (nSPS) is 39.2. The Bertz CT molecular complexity index is 582. The minimum absolute atomic E-state index is 0.140. The fourth-order valence-electron chi connectivity index (χ4n) is 8.92. The third kappa shape index (κ3) is 6.09. The molecule has 4 rings (SSSR count). The van der Waals surface area contributed by atoms with Gasteiger partial charge in [-0.1, -0.05) is 90.9 Å². The Morgan fingerprint density at radius 1 is 0.576 bits per heavy atom. The van der Waals surface area contributed by atoms with Crippen molar-refractivity contribution in [3.63, 3.8) is 0 Å². The average molecular weight is 457 g/mol. The minimum atomic E-state index is 0.140. The van der Waals surface area contributed by atoms with Crippen LogP contribution in [-0.2, 0) is 4.79 Å². The van der Waals surface area contributed by atoms with E-state index in [9.17, 15) is 4.79 Å². The van der Waals surface area contributed by atoms with Gasteiger partial charge in [-0.2, -0.15) is 0 Å². The van der Waals surface area contributed by atoms with Crippen LogP contribution in [0.2, 0.25) is 0 Å². The Morgan fingerprint density at radius 3 is 1.52 bits per heavy atom. The van der Waals surface area contributed by atoms with Crippen molar-refractivity contribution >= 4 is 5.78 Å². The molecule has 0 amide bonds. The molecule has 190 valence electrons. The van der Waals surface area contributed by atoms with Crippen LogP contribution in [0.3, 0.4) is 0 Å². The second kappa shape index (κ2) is 12.1. The zero-order valence-corrected chi connectivity index (χ0v) is 22.5. The van der Waals surface area contributed by atoms with E-state index in [0.717, 1.165) is 29.5 Å². The summed E-state index contributed by atoms with van der Waals surface area (Å²) in [5, 5.41) is 0. The first-order chi connectivity index (χ1) is 16.1.